The van der Waals surface area contributed by atoms with Crippen LogP contribution in [-0.4, -0.2) is 17.6 Å². The smallest absolute Gasteiger partial charge is 0.310 e. The Balaban J connectivity index is 3.12. The predicted octanol–water partition coefficient (Wildman–Crippen LogP) is 2.92. The third-order valence-corrected chi connectivity index (χ3v) is 2.27. The lowest BCUT2D eigenvalue weighted by atomic mass is 10.1. The van der Waals surface area contributed by atoms with Gasteiger partial charge in [-0.1, -0.05) is 11.6 Å². The van der Waals surface area contributed by atoms with E-state index in [0.29, 0.717) is 6.20 Å². The van der Waals surface area contributed by atoms with Crippen LogP contribution in [-0.2, 0) is 16.0 Å². The zero-order valence-electron chi connectivity index (χ0n) is 8.84. The maximum Gasteiger partial charge on any atom is 0.310 e. The van der Waals surface area contributed by atoms with Gasteiger partial charge in [-0.3, -0.25) is 4.79 Å². The van der Waals surface area contributed by atoms with Gasteiger partial charge in [-0.15, -0.1) is 0 Å². The summed E-state index contributed by atoms with van der Waals surface area (Å²) in [5.74, 6) is -1.80. The number of rotatable bonds is 4. The summed E-state index contributed by atoms with van der Waals surface area (Å²) in [4.78, 5) is 14.4. The molecule has 94 valence electrons. The summed E-state index contributed by atoms with van der Waals surface area (Å²) in [6.45, 7) is 1.64. The molecule has 0 fully saturated rings. The molecular weight excluding hydrogens is 259 g/mol. The molecule has 1 aromatic rings. The van der Waals surface area contributed by atoms with Crippen molar-refractivity contribution in [3.05, 3.63) is 28.3 Å². The van der Waals surface area contributed by atoms with Crippen molar-refractivity contribution >= 4 is 17.6 Å². The number of hydrogen-bond donors (Lipinski definition) is 0. The van der Waals surface area contributed by atoms with Crippen LogP contribution in [0.5, 0.6) is 0 Å². The fraction of sp³-hybridized carbons (Fsp3) is 0.400. The number of carbonyl (C=O) groups excluding carboxylic acids is 1. The number of ether oxygens (including phenoxy) is 1. The van der Waals surface area contributed by atoms with Crippen molar-refractivity contribution in [3.63, 3.8) is 0 Å². The van der Waals surface area contributed by atoms with Crippen molar-refractivity contribution < 1.29 is 22.7 Å². The Morgan fingerprint density at radius 3 is 2.76 bits per heavy atom. The normalized spacial score (nSPS) is 10.7. The number of esters is 1. The zero-order valence-corrected chi connectivity index (χ0v) is 9.60. The summed E-state index contributed by atoms with van der Waals surface area (Å²) < 4.78 is 43.2. The van der Waals surface area contributed by atoms with Gasteiger partial charge in [0.05, 0.1) is 24.8 Å². The van der Waals surface area contributed by atoms with Crippen LogP contribution in [0, 0.1) is 5.82 Å². The highest BCUT2D eigenvalue weighted by molar-refractivity contribution is 6.30. The molecule has 0 saturated carbocycles. The quantitative estimate of drug-likeness (QED) is 0.622. The average Bonchev–Trinajstić information content (AvgIpc) is 2.23. The Labute approximate surface area is 101 Å². The van der Waals surface area contributed by atoms with Gasteiger partial charge in [0.25, 0.3) is 6.43 Å². The van der Waals surface area contributed by atoms with Crippen LogP contribution in [0.3, 0.4) is 0 Å². The van der Waals surface area contributed by atoms with Crippen molar-refractivity contribution in [2.24, 2.45) is 0 Å². The summed E-state index contributed by atoms with van der Waals surface area (Å²) in [6.07, 6.45) is -2.90. The molecular formula is C10H9ClF3NO2. The van der Waals surface area contributed by atoms with Crippen LogP contribution in [0.1, 0.15) is 24.5 Å². The van der Waals surface area contributed by atoms with Crippen molar-refractivity contribution in [3.8, 4) is 0 Å². The van der Waals surface area contributed by atoms with E-state index in [9.17, 15) is 18.0 Å². The first-order valence-corrected chi connectivity index (χ1v) is 5.11. The molecule has 0 spiro atoms. The first kappa shape index (κ1) is 13.8. The van der Waals surface area contributed by atoms with Gasteiger partial charge >= 0.3 is 5.97 Å². The van der Waals surface area contributed by atoms with E-state index in [1.807, 2.05) is 0 Å². The summed E-state index contributed by atoms with van der Waals surface area (Å²) in [7, 11) is 0. The van der Waals surface area contributed by atoms with Crippen molar-refractivity contribution in [1.82, 2.24) is 4.98 Å². The molecule has 1 heterocycles. The number of aromatic nitrogens is 1. The SMILES string of the molecule is CCOC(=O)Cc1c(F)cnc(Cl)c1C(F)F. The molecule has 1 aromatic heterocycles. The lowest BCUT2D eigenvalue weighted by Gasteiger charge is -2.10. The molecule has 0 radical (unpaired) electrons. The van der Waals surface area contributed by atoms with E-state index in [-0.39, 0.29) is 6.61 Å². The molecule has 0 atom stereocenters. The van der Waals surface area contributed by atoms with Crippen molar-refractivity contribution in [2.75, 3.05) is 6.61 Å². The standard InChI is InChI=1S/C10H9ClF3NO2/c1-2-17-7(16)3-5-6(12)4-15-9(11)8(5)10(13)14/h4,10H,2-3H2,1H3. The molecule has 0 unspecified atom stereocenters. The molecule has 17 heavy (non-hydrogen) atoms. The van der Waals surface area contributed by atoms with Gasteiger partial charge in [-0.05, 0) is 6.92 Å². The number of carbonyl (C=O) groups is 1. The topological polar surface area (TPSA) is 39.2 Å². The van der Waals surface area contributed by atoms with Crippen LogP contribution in [0.25, 0.3) is 0 Å². The average molecular weight is 268 g/mol. The maximum atomic E-state index is 13.3. The lowest BCUT2D eigenvalue weighted by molar-refractivity contribution is -0.142. The number of nitrogens with zero attached hydrogens (tertiary/aromatic N) is 1. The van der Waals surface area contributed by atoms with E-state index < -0.39 is 40.9 Å². The van der Waals surface area contributed by atoms with Crippen LogP contribution >= 0.6 is 11.6 Å². The van der Waals surface area contributed by atoms with Gasteiger partial charge in [-0.25, -0.2) is 18.2 Å². The molecule has 3 nitrogen and oxygen atoms in total. The Bertz CT molecular complexity index is 426. The van der Waals surface area contributed by atoms with E-state index in [0.717, 1.165) is 0 Å². The maximum absolute atomic E-state index is 13.3. The number of pyridine rings is 1. The van der Waals surface area contributed by atoms with E-state index >= 15 is 0 Å². The van der Waals surface area contributed by atoms with Gasteiger partial charge in [0.2, 0.25) is 0 Å². The summed E-state index contributed by atoms with van der Waals surface area (Å²) in [5.41, 5.74) is -1.24. The minimum Gasteiger partial charge on any atom is -0.466 e. The second-order valence-electron chi connectivity index (χ2n) is 3.07. The molecule has 7 heteroatoms. The predicted molar refractivity (Wildman–Crippen MR) is 54.5 cm³/mol. The molecule has 0 aliphatic heterocycles. The van der Waals surface area contributed by atoms with Gasteiger partial charge < -0.3 is 4.74 Å². The summed E-state index contributed by atoms with van der Waals surface area (Å²) in [5, 5.41) is -0.513. The molecule has 0 saturated heterocycles. The molecule has 0 bridgehead atoms. The van der Waals surface area contributed by atoms with Crippen LogP contribution < -0.4 is 0 Å². The second kappa shape index (κ2) is 5.86. The molecule has 0 aliphatic rings. The van der Waals surface area contributed by atoms with Crippen LogP contribution in [0.15, 0.2) is 6.20 Å². The zero-order chi connectivity index (χ0) is 13.0. The third-order valence-electron chi connectivity index (χ3n) is 1.97. The van der Waals surface area contributed by atoms with Gasteiger partial charge in [0.15, 0.2) is 0 Å². The molecule has 0 N–H and O–H groups in total. The van der Waals surface area contributed by atoms with Crippen molar-refractivity contribution in [2.45, 2.75) is 19.8 Å². The summed E-state index contributed by atoms with van der Waals surface area (Å²) in [6, 6.07) is 0. The van der Waals surface area contributed by atoms with Crippen molar-refractivity contribution in [1.29, 1.82) is 0 Å². The monoisotopic (exact) mass is 267 g/mol. The van der Waals surface area contributed by atoms with Gasteiger partial charge in [0.1, 0.15) is 11.0 Å². The number of halogens is 4. The Morgan fingerprint density at radius 2 is 2.24 bits per heavy atom. The van der Waals surface area contributed by atoms with E-state index in [1.165, 1.54) is 0 Å². The first-order valence-electron chi connectivity index (χ1n) is 4.73. The first-order chi connectivity index (χ1) is 7.97. The minimum absolute atomic E-state index is 0.0866. The van der Waals surface area contributed by atoms with E-state index in [1.54, 1.807) is 6.92 Å². The second-order valence-corrected chi connectivity index (χ2v) is 3.43. The van der Waals surface area contributed by atoms with E-state index in [2.05, 4.69) is 9.72 Å². The fourth-order valence-electron chi connectivity index (χ4n) is 1.27. The number of hydrogen-bond acceptors (Lipinski definition) is 3. The third kappa shape index (κ3) is 3.33. The fourth-order valence-corrected chi connectivity index (χ4v) is 1.52. The molecule has 0 aliphatic carbocycles. The Morgan fingerprint density at radius 1 is 1.59 bits per heavy atom. The highest BCUT2D eigenvalue weighted by Crippen LogP contribution is 2.30. The summed E-state index contributed by atoms with van der Waals surface area (Å²) >= 11 is 5.45. The van der Waals surface area contributed by atoms with Crippen LogP contribution in [0.4, 0.5) is 13.2 Å². The highest BCUT2D eigenvalue weighted by Gasteiger charge is 2.23. The number of alkyl halides is 2. The Hall–Kier alpha value is -1.30. The largest absolute Gasteiger partial charge is 0.466 e. The molecule has 0 amide bonds. The Kier molecular flexibility index (Phi) is 4.74. The molecule has 0 aromatic carbocycles. The molecule has 1 rings (SSSR count). The van der Waals surface area contributed by atoms with Crippen LogP contribution in [0.2, 0.25) is 5.15 Å². The van der Waals surface area contributed by atoms with Gasteiger partial charge in [-0.2, -0.15) is 0 Å². The van der Waals surface area contributed by atoms with E-state index in [4.69, 9.17) is 11.6 Å². The minimum atomic E-state index is -3.00. The highest BCUT2D eigenvalue weighted by atomic mass is 35.5. The lowest BCUT2D eigenvalue weighted by Crippen LogP contribution is -2.12. The van der Waals surface area contributed by atoms with Gasteiger partial charge in [0, 0.05) is 5.56 Å².